The molecule has 2 nitrogen and oxygen atoms in total. The van der Waals surface area contributed by atoms with Crippen molar-refractivity contribution in [2.24, 2.45) is 5.92 Å². The maximum atomic E-state index is 12.9. The van der Waals surface area contributed by atoms with Gasteiger partial charge < -0.3 is 0 Å². The van der Waals surface area contributed by atoms with Crippen molar-refractivity contribution in [3.05, 3.63) is 39.2 Å². The van der Waals surface area contributed by atoms with Gasteiger partial charge >= 0.3 is 0 Å². The molecule has 1 aromatic heterocycles. The van der Waals surface area contributed by atoms with Crippen molar-refractivity contribution in [3.63, 3.8) is 0 Å². The highest BCUT2D eigenvalue weighted by Gasteiger charge is 2.40. The van der Waals surface area contributed by atoms with Crippen LogP contribution in [0.15, 0.2) is 24.3 Å². The minimum Gasteiger partial charge on any atom is -0.274 e. The number of hydrogen-bond acceptors (Lipinski definition) is 4. The number of anilines is 2. The van der Waals surface area contributed by atoms with Crippen LogP contribution in [0.25, 0.3) is 0 Å². The van der Waals surface area contributed by atoms with Gasteiger partial charge in [0.15, 0.2) is 0 Å². The van der Waals surface area contributed by atoms with Crippen LogP contribution < -0.4 is 4.90 Å². The molecule has 3 rings (SSSR count). The lowest BCUT2D eigenvalue weighted by Crippen LogP contribution is -2.36. The third-order valence-corrected chi connectivity index (χ3v) is 7.07. The third kappa shape index (κ3) is 2.36. The van der Waals surface area contributed by atoms with Gasteiger partial charge in [-0.2, -0.15) is 0 Å². The van der Waals surface area contributed by atoms with E-state index in [1.165, 1.54) is 5.56 Å². The summed E-state index contributed by atoms with van der Waals surface area (Å²) in [6, 6.07) is 8.20. The van der Waals surface area contributed by atoms with Crippen molar-refractivity contribution in [2.45, 2.75) is 39.5 Å². The van der Waals surface area contributed by atoms with Crippen LogP contribution in [0.5, 0.6) is 0 Å². The van der Waals surface area contributed by atoms with Crippen molar-refractivity contribution in [1.29, 1.82) is 0 Å². The molecule has 0 bridgehead atoms. The van der Waals surface area contributed by atoms with Crippen LogP contribution in [0.2, 0.25) is 0 Å². The minimum atomic E-state index is -0.159. The second-order valence-corrected chi connectivity index (χ2v) is 9.40. The van der Waals surface area contributed by atoms with E-state index < -0.39 is 0 Å². The van der Waals surface area contributed by atoms with E-state index in [0.29, 0.717) is 12.3 Å². The van der Waals surface area contributed by atoms with Gasteiger partial charge in [0.05, 0.1) is 5.69 Å². The number of benzene rings is 1. The molecule has 0 saturated carbocycles. The van der Waals surface area contributed by atoms with Gasteiger partial charge in [-0.1, -0.05) is 78.8 Å². The molecule has 116 valence electrons. The summed E-state index contributed by atoms with van der Waals surface area (Å²) < 4.78 is 0.904. The van der Waals surface area contributed by atoms with Gasteiger partial charge in [-0.3, -0.25) is 9.69 Å². The summed E-state index contributed by atoms with van der Waals surface area (Å²) >= 11 is 5.57. The number of para-hydroxylation sites is 1. The molecule has 1 aliphatic heterocycles. The van der Waals surface area contributed by atoms with E-state index in [1.807, 2.05) is 23.1 Å². The van der Waals surface area contributed by atoms with Crippen LogP contribution in [0.4, 0.5) is 10.7 Å². The van der Waals surface area contributed by atoms with E-state index in [2.05, 4.69) is 33.8 Å². The minimum absolute atomic E-state index is 0.156. The fourth-order valence-electron chi connectivity index (χ4n) is 3.05. The van der Waals surface area contributed by atoms with Crippen molar-refractivity contribution < 1.29 is 4.79 Å². The molecule has 0 spiro atoms. The monoisotopic (exact) mass is 349 g/mol. The summed E-state index contributed by atoms with van der Waals surface area (Å²) in [5.74, 6) is 0.493. The second-order valence-electron chi connectivity index (χ2n) is 6.60. The van der Waals surface area contributed by atoms with E-state index in [-0.39, 0.29) is 11.3 Å². The van der Waals surface area contributed by atoms with Gasteiger partial charge in [0.25, 0.3) is 0 Å². The summed E-state index contributed by atoms with van der Waals surface area (Å²) in [7, 11) is 3.22. The first-order valence-electron chi connectivity index (χ1n) is 7.40. The zero-order valence-electron chi connectivity index (χ0n) is 13.2. The Labute approximate surface area is 143 Å². The van der Waals surface area contributed by atoms with Gasteiger partial charge in [-0.15, -0.1) is 0 Å². The molecule has 2 aromatic rings. The van der Waals surface area contributed by atoms with Crippen molar-refractivity contribution in [3.8, 4) is 0 Å². The van der Waals surface area contributed by atoms with Crippen molar-refractivity contribution in [2.75, 3.05) is 4.90 Å². The van der Waals surface area contributed by atoms with Crippen LogP contribution in [0, 0.1) is 9.74 Å². The van der Waals surface area contributed by atoms with Gasteiger partial charge in [0.1, 0.15) is 8.82 Å². The molecular weight excluding hydrogens is 330 g/mol. The van der Waals surface area contributed by atoms with Crippen molar-refractivity contribution in [1.82, 2.24) is 0 Å². The highest BCUT2D eigenvalue weighted by molar-refractivity contribution is 7.80. The Kier molecular flexibility index (Phi) is 4.00. The first-order chi connectivity index (χ1) is 10.3. The quantitative estimate of drug-likeness (QED) is 0.498. The summed E-state index contributed by atoms with van der Waals surface area (Å²) in [6.07, 6.45) is 0.545. The van der Waals surface area contributed by atoms with Crippen LogP contribution in [-0.2, 0) is 10.2 Å². The summed E-state index contributed by atoms with van der Waals surface area (Å²) in [5.41, 5.74) is 3.16. The highest BCUT2D eigenvalue weighted by Crippen LogP contribution is 2.53. The third-order valence-electron chi connectivity index (χ3n) is 4.09. The molecule has 1 aliphatic rings. The molecule has 0 saturated heterocycles. The zero-order valence-corrected chi connectivity index (χ0v) is 15.6. The Morgan fingerprint density at radius 3 is 2.64 bits per heavy atom. The lowest BCUT2D eigenvalue weighted by Gasteiger charge is -2.38. The molecule has 22 heavy (non-hydrogen) atoms. The highest BCUT2D eigenvalue weighted by atomic mass is 32.9. The number of fused-ring (bicyclic) bond motifs is 2. The predicted molar refractivity (Wildman–Crippen MR) is 98.2 cm³/mol. The van der Waals surface area contributed by atoms with Crippen LogP contribution in [0.1, 0.15) is 45.2 Å². The zero-order chi connectivity index (χ0) is 16.1. The SMILES string of the molecule is CC(C)CC(=O)N1c2ccccc2C(C)(C)c2c1ssc2=S. The first-order valence-corrected chi connectivity index (χ1v) is 9.96. The Balaban J connectivity index is 2.25. The topological polar surface area (TPSA) is 20.3 Å². The molecule has 1 amide bonds. The van der Waals surface area contributed by atoms with Crippen LogP contribution >= 0.6 is 32.9 Å². The number of hydrogen-bond donors (Lipinski definition) is 0. The average molecular weight is 350 g/mol. The fraction of sp³-hybridized carbons (Fsp3) is 0.412. The fourth-order valence-corrected chi connectivity index (χ4v) is 6.33. The molecule has 2 heterocycles. The second kappa shape index (κ2) is 5.55. The van der Waals surface area contributed by atoms with Crippen LogP contribution in [0.3, 0.4) is 0 Å². The molecule has 1 aromatic carbocycles. The Morgan fingerprint density at radius 1 is 1.27 bits per heavy atom. The van der Waals surface area contributed by atoms with E-state index in [1.54, 1.807) is 20.7 Å². The molecule has 0 unspecified atom stereocenters. The number of carbonyl (C=O) groups is 1. The van der Waals surface area contributed by atoms with E-state index in [9.17, 15) is 4.79 Å². The van der Waals surface area contributed by atoms with Gasteiger partial charge in [-0.25, -0.2) is 0 Å². The Bertz CT molecular complexity index is 785. The van der Waals surface area contributed by atoms with Crippen molar-refractivity contribution >= 4 is 49.5 Å². The molecule has 5 heteroatoms. The molecular formula is C17H19NOS3. The number of nitrogens with zero attached hydrogens (tertiary/aromatic N) is 1. The summed E-state index contributed by atoms with van der Waals surface area (Å²) in [5, 5.41) is 1.02. The average Bonchev–Trinajstić information content (AvgIpc) is 2.81. The molecule has 0 fully saturated rings. The molecule has 0 atom stereocenters. The van der Waals surface area contributed by atoms with E-state index in [0.717, 1.165) is 20.1 Å². The summed E-state index contributed by atoms with van der Waals surface area (Å²) in [6.45, 7) is 8.55. The van der Waals surface area contributed by atoms with Gasteiger partial charge in [0.2, 0.25) is 5.91 Å². The number of carbonyl (C=O) groups excluding carboxylic acids is 1. The Morgan fingerprint density at radius 2 is 1.95 bits per heavy atom. The lowest BCUT2D eigenvalue weighted by molar-refractivity contribution is -0.118. The standard InChI is InChI=1S/C17H19NOS3/c1-10(2)9-13(19)18-12-8-6-5-7-11(12)17(3,4)14-15(18)21-22-16(14)20/h5-8,10H,9H2,1-4H3. The Hall–Kier alpha value is -1.04. The van der Waals surface area contributed by atoms with E-state index in [4.69, 9.17) is 12.2 Å². The molecule has 0 N–H and O–H groups in total. The lowest BCUT2D eigenvalue weighted by atomic mass is 9.76. The first kappa shape index (κ1) is 15.8. The largest absolute Gasteiger partial charge is 0.274 e. The maximum Gasteiger partial charge on any atom is 0.232 e. The smallest absolute Gasteiger partial charge is 0.232 e. The molecule has 0 aliphatic carbocycles. The maximum absolute atomic E-state index is 12.9. The van der Waals surface area contributed by atoms with Gasteiger partial charge in [-0.05, 0) is 17.5 Å². The number of amides is 1. The van der Waals surface area contributed by atoms with Gasteiger partial charge in [0, 0.05) is 17.4 Å². The molecule has 0 radical (unpaired) electrons. The van der Waals surface area contributed by atoms with Crippen LogP contribution in [-0.4, -0.2) is 5.91 Å². The summed E-state index contributed by atoms with van der Waals surface area (Å²) in [4.78, 5) is 14.8. The van der Waals surface area contributed by atoms with E-state index >= 15 is 0 Å². The predicted octanol–water partition coefficient (Wildman–Crippen LogP) is 5.89. The normalized spacial score (nSPS) is 15.6. The number of rotatable bonds is 2.